The van der Waals surface area contributed by atoms with Gasteiger partial charge < -0.3 is 10.2 Å². The van der Waals surface area contributed by atoms with E-state index in [0.717, 1.165) is 37.6 Å². The summed E-state index contributed by atoms with van der Waals surface area (Å²) in [6, 6.07) is 4.25. The van der Waals surface area contributed by atoms with Crippen molar-refractivity contribution in [3.63, 3.8) is 0 Å². The smallest absolute Gasteiger partial charge is 0.128 e. The Bertz CT molecular complexity index is 381. The molecule has 0 spiro atoms. The molecule has 1 aromatic rings. The lowest BCUT2D eigenvalue weighted by Gasteiger charge is -2.22. The number of pyridine rings is 1. The van der Waals surface area contributed by atoms with Gasteiger partial charge in [0.2, 0.25) is 0 Å². The van der Waals surface area contributed by atoms with Gasteiger partial charge in [0.25, 0.3) is 0 Å². The lowest BCUT2D eigenvalue weighted by molar-refractivity contribution is 0.552. The van der Waals surface area contributed by atoms with E-state index in [9.17, 15) is 0 Å². The summed E-state index contributed by atoms with van der Waals surface area (Å²) in [5.74, 6) is 1.71. The fourth-order valence-electron chi connectivity index (χ4n) is 1.89. The molecular weight excluding hydrogens is 234 g/mol. The number of likely N-dealkylation sites (N-methyl/N-ethyl adjacent to an activating group) is 1. The fraction of sp³-hybridized carbons (Fsp3) is 0.562. The summed E-state index contributed by atoms with van der Waals surface area (Å²) in [4.78, 5) is 6.78. The average molecular weight is 261 g/mol. The van der Waals surface area contributed by atoms with E-state index in [1.165, 1.54) is 5.56 Å². The van der Waals surface area contributed by atoms with E-state index in [0.29, 0.717) is 5.92 Å². The normalized spacial score (nSPS) is 10.8. The van der Waals surface area contributed by atoms with Gasteiger partial charge in [-0.3, -0.25) is 0 Å². The summed E-state index contributed by atoms with van der Waals surface area (Å²) >= 11 is 0. The molecule has 0 unspecified atom stereocenters. The van der Waals surface area contributed by atoms with Gasteiger partial charge in [-0.2, -0.15) is 0 Å². The van der Waals surface area contributed by atoms with Gasteiger partial charge in [0.1, 0.15) is 5.82 Å². The molecule has 0 aromatic carbocycles. The molecule has 0 bridgehead atoms. The Morgan fingerprint density at radius 2 is 2.16 bits per heavy atom. The second-order valence-corrected chi connectivity index (χ2v) is 5.52. The largest absolute Gasteiger partial charge is 0.353 e. The van der Waals surface area contributed by atoms with Crippen molar-refractivity contribution in [2.75, 3.05) is 24.5 Å². The zero-order valence-corrected chi connectivity index (χ0v) is 12.7. The standard InChI is InChI=1S/C16H27N3/c1-6-19(12-14(4)5)16-8-7-15(11-18-16)10-17-9-13(2)3/h7-8,11,13,17H,4,6,9-10,12H2,1-3,5H3. The molecule has 1 heterocycles. The monoisotopic (exact) mass is 261 g/mol. The molecule has 1 aromatic heterocycles. The predicted molar refractivity (Wildman–Crippen MR) is 83.5 cm³/mol. The van der Waals surface area contributed by atoms with Crippen molar-refractivity contribution in [2.45, 2.75) is 34.2 Å². The van der Waals surface area contributed by atoms with Gasteiger partial charge in [0.05, 0.1) is 0 Å². The third-order valence-electron chi connectivity index (χ3n) is 2.86. The van der Waals surface area contributed by atoms with Crippen molar-refractivity contribution in [1.29, 1.82) is 0 Å². The number of anilines is 1. The lowest BCUT2D eigenvalue weighted by atomic mass is 10.2. The maximum absolute atomic E-state index is 4.55. The second-order valence-electron chi connectivity index (χ2n) is 5.52. The summed E-state index contributed by atoms with van der Waals surface area (Å²) in [5.41, 5.74) is 2.39. The van der Waals surface area contributed by atoms with Crippen molar-refractivity contribution in [3.8, 4) is 0 Å². The summed E-state index contributed by atoms with van der Waals surface area (Å²) in [5, 5.41) is 3.43. The van der Waals surface area contributed by atoms with Crippen molar-refractivity contribution < 1.29 is 0 Å². The first-order valence-electron chi connectivity index (χ1n) is 7.08. The molecule has 106 valence electrons. The minimum atomic E-state index is 0.679. The van der Waals surface area contributed by atoms with Gasteiger partial charge in [0.15, 0.2) is 0 Å². The fourth-order valence-corrected chi connectivity index (χ4v) is 1.89. The minimum absolute atomic E-state index is 0.679. The molecule has 3 nitrogen and oxygen atoms in total. The SMILES string of the molecule is C=C(C)CN(CC)c1ccc(CNCC(C)C)cn1. The van der Waals surface area contributed by atoms with Gasteiger partial charge in [0, 0.05) is 25.8 Å². The van der Waals surface area contributed by atoms with E-state index in [-0.39, 0.29) is 0 Å². The van der Waals surface area contributed by atoms with Crippen molar-refractivity contribution in [2.24, 2.45) is 5.92 Å². The molecule has 3 heteroatoms. The Morgan fingerprint density at radius 3 is 2.63 bits per heavy atom. The summed E-state index contributed by atoms with van der Waals surface area (Å²) < 4.78 is 0. The van der Waals surface area contributed by atoms with Crippen LogP contribution in [0.3, 0.4) is 0 Å². The highest BCUT2D eigenvalue weighted by atomic mass is 15.2. The Kier molecular flexibility index (Phi) is 6.57. The maximum atomic E-state index is 4.55. The molecule has 19 heavy (non-hydrogen) atoms. The first-order chi connectivity index (χ1) is 9.02. The van der Waals surface area contributed by atoms with Crippen LogP contribution < -0.4 is 10.2 Å². The quantitative estimate of drug-likeness (QED) is 0.728. The highest BCUT2D eigenvalue weighted by Crippen LogP contribution is 2.12. The minimum Gasteiger partial charge on any atom is -0.353 e. The molecule has 0 fully saturated rings. The van der Waals surface area contributed by atoms with Crippen LogP contribution in [-0.2, 0) is 6.54 Å². The molecular formula is C16H27N3. The van der Waals surface area contributed by atoms with E-state index in [1.807, 2.05) is 13.1 Å². The van der Waals surface area contributed by atoms with E-state index in [2.05, 4.69) is 54.7 Å². The molecule has 1 rings (SSSR count). The number of rotatable bonds is 8. The van der Waals surface area contributed by atoms with E-state index < -0.39 is 0 Å². The van der Waals surface area contributed by atoms with Crippen LogP contribution in [-0.4, -0.2) is 24.6 Å². The Hall–Kier alpha value is -1.35. The Morgan fingerprint density at radius 1 is 1.42 bits per heavy atom. The molecule has 0 radical (unpaired) electrons. The number of nitrogens with one attached hydrogen (secondary N) is 1. The van der Waals surface area contributed by atoms with Crippen LogP contribution >= 0.6 is 0 Å². The zero-order valence-electron chi connectivity index (χ0n) is 12.7. The van der Waals surface area contributed by atoms with Gasteiger partial charge in [-0.1, -0.05) is 32.1 Å². The van der Waals surface area contributed by atoms with Crippen LogP contribution in [0, 0.1) is 5.92 Å². The van der Waals surface area contributed by atoms with Crippen LogP contribution in [0.25, 0.3) is 0 Å². The maximum Gasteiger partial charge on any atom is 0.128 e. The molecule has 1 N–H and O–H groups in total. The van der Waals surface area contributed by atoms with Crippen LogP contribution in [0.15, 0.2) is 30.5 Å². The first-order valence-corrected chi connectivity index (χ1v) is 7.08. The third kappa shape index (κ3) is 5.88. The predicted octanol–water partition coefficient (Wildman–Crippen LogP) is 3.23. The van der Waals surface area contributed by atoms with Gasteiger partial charge in [-0.15, -0.1) is 0 Å². The first kappa shape index (κ1) is 15.7. The van der Waals surface area contributed by atoms with Gasteiger partial charge >= 0.3 is 0 Å². The van der Waals surface area contributed by atoms with Crippen LogP contribution in [0.2, 0.25) is 0 Å². The average Bonchev–Trinajstić information content (AvgIpc) is 2.36. The molecule has 0 aliphatic heterocycles. The van der Waals surface area contributed by atoms with E-state index in [1.54, 1.807) is 0 Å². The Balaban J connectivity index is 2.56. The van der Waals surface area contributed by atoms with Crippen LogP contribution in [0.5, 0.6) is 0 Å². The summed E-state index contributed by atoms with van der Waals surface area (Å²) in [7, 11) is 0. The molecule has 0 aliphatic rings. The highest BCUT2D eigenvalue weighted by molar-refractivity contribution is 5.40. The number of hydrogen-bond donors (Lipinski definition) is 1. The third-order valence-corrected chi connectivity index (χ3v) is 2.86. The summed E-state index contributed by atoms with van der Waals surface area (Å²) in [6.07, 6.45) is 1.96. The van der Waals surface area contributed by atoms with Crippen molar-refractivity contribution >= 4 is 5.82 Å². The highest BCUT2D eigenvalue weighted by Gasteiger charge is 2.05. The Labute approximate surface area is 117 Å². The second kappa shape index (κ2) is 7.95. The van der Waals surface area contributed by atoms with Crippen LogP contribution in [0.4, 0.5) is 5.82 Å². The van der Waals surface area contributed by atoms with E-state index in [4.69, 9.17) is 0 Å². The number of hydrogen-bond acceptors (Lipinski definition) is 3. The number of aromatic nitrogens is 1. The summed E-state index contributed by atoms with van der Waals surface area (Å²) in [6.45, 7) is 16.3. The molecule has 0 amide bonds. The molecule has 0 saturated carbocycles. The molecule has 0 aliphatic carbocycles. The van der Waals surface area contributed by atoms with Gasteiger partial charge in [-0.05, 0) is 37.9 Å². The van der Waals surface area contributed by atoms with Crippen LogP contribution in [0.1, 0.15) is 33.3 Å². The van der Waals surface area contributed by atoms with Crippen molar-refractivity contribution in [3.05, 3.63) is 36.0 Å². The van der Waals surface area contributed by atoms with E-state index >= 15 is 0 Å². The number of nitrogens with zero attached hydrogens (tertiary/aromatic N) is 2. The zero-order chi connectivity index (χ0) is 14.3. The molecule has 0 saturated heterocycles. The lowest BCUT2D eigenvalue weighted by Crippen LogP contribution is -2.25. The van der Waals surface area contributed by atoms with Gasteiger partial charge in [-0.25, -0.2) is 4.98 Å². The topological polar surface area (TPSA) is 28.2 Å². The molecule has 0 atom stereocenters. The van der Waals surface area contributed by atoms with Crippen molar-refractivity contribution in [1.82, 2.24) is 10.3 Å².